The smallest absolute Gasteiger partial charge is 0.242 e. The molecule has 0 spiro atoms. The van der Waals surface area contributed by atoms with E-state index >= 15 is 0 Å². The SMILES string of the molecule is CN=C1SC(CC(=O)Nc2cc(C)ccc2C)C(=O)N1C. The van der Waals surface area contributed by atoms with Gasteiger partial charge >= 0.3 is 0 Å². The lowest BCUT2D eigenvalue weighted by Gasteiger charge is -2.11. The molecule has 1 aliphatic heterocycles. The number of rotatable bonds is 3. The van der Waals surface area contributed by atoms with Gasteiger partial charge in [0, 0.05) is 26.2 Å². The van der Waals surface area contributed by atoms with Gasteiger partial charge in [0.15, 0.2) is 5.17 Å². The minimum Gasteiger partial charge on any atom is -0.326 e. The van der Waals surface area contributed by atoms with Crippen molar-refractivity contribution >= 4 is 34.4 Å². The first kappa shape index (κ1) is 15.6. The molecular weight excluding hydrogens is 286 g/mol. The van der Waals surface area contributed by atoms with Gasteiger partial charge in [-0.25, -0.2) is 0 Å². The molecule has 1 aromatic carbocycles. The number of thioether (sulfide) groups is 1. The summed E-state index contributed by atoms with van der Waals surface area (Å²) in [6.07, 6.45) is 0.153. The van der Waals surface area contributed by atoms with Crippen LogP contribution in [-0.2, 0) is 9.59 Å². The van der Waals surface area contributed by atoms with Gasteiger partial charge in [-0.1, -0.05) is 23.9 Å². The number of nitrogens with zero attached hydrogens (tertiary/aromatic N) is 2. The van der Waals surface area contributed by atoms with Crippen LogP contribution < -0.4 is 5.32 Å². The van der Waals surface area contributed by atoms with E-state index in [2.05, 4.69) is 10.3 Å². The van der Waals surface area contributed by atoms with Crippen LogP contribution in [0.5, 0.6) is 0 Å². The Kier molecular flexibility index (Phi) is 4.67. The fourth-order valence-electron chi connectivity index (χ4n) is 2.14. The number of benzene rings is 1. The molecule has 1 unspecified atom stereocenters. The zero-order valence-electron chi connectivity index (χ0n) is 12.6. The third kappa shape index (κ3) is 3.44. The Morgan fingerprint density at radius 1 is 1.43 bits per heavy atom. The fraction of sp³-hybridized carbons (Fsp3) is 0.400. The van der Waals surface area contributed by atoms with Crippen LogP contribution in [-0.4, -0.2) is 41.2 Å². The second-order valence-corrected chi connectivity index (χ2v) is 6.25. The first-order chi connectivity index (χ1) is 9.92. The van der Waals surface area contributed by atoms with Gasteiger partial charge in [-0.2, -0.15) is 0 Å². The zero-order valence-corrected chi connectivity index (χ0v) is 13.5. The van der Waals surface area contributed by atoms with Gasteiger partial charge in [-0.15, -0.1) is 0 Å². The molecular formula is C15H19N3O2S. The quantitative estimate of drug-likeness (QED) is 0.931. The van der Waals surface area contributed by atoms with E-state index in [1.54, 1.807) is 14.1 Å². The highest BCUT2D eigenvalue weighted by atomic mass is 32.2. The third-order valence-electron chi connectivity index (χ3n) is 3.37. The number of aryl methyl sites for hydroxylation is 2. The second-order valence-electron chi connectivity index (χ2n) is 5.08. The van der Waals surface area contributed by atoms with Gasteiger partial charge < -0.3 is 5.32 Å². The molecule has 0 radical (unpaired) electrons. The highest BCUT2D eigenvalue weighted by Gasteiger charge is 2.36. The Labute approximate surface area is 128 Å². The summed E-state index contributed by atoms with van der Waals surface area (Å²) in [4.78, 5) is 29.7. The van der Waals surface area contributed by atoms with Gasteiger partial charge in [0.2, 0.25) is 11.8 Å². The van der Waals surface area contributed by atoms with E-state index in [-0.39, 0.29) is 23.5 Å². The summed E-state index contributed by atoms with van der Waals surface area (Å²) in [5.74, 6) is -0.225. The van der Waals surface area contributed by atoms with E-state index in [0.717, 1.165) is 16.8 Å². The zero-order chi connectivity index (χ0) is 15.6. The van der Waals surface area contributed by atoms with Crippen molar-refractivity contribution in [1.29, 1.82) is 0 Å². The first-order valence-corrected chi connectivity index (χ1v) is 7.58. The number of carbonyl (C=O) groups excluding carboxylic acids is 2. The van der Waals surface area contributed by atoms with Crippen molar-refractivity contribution in [3.8, 4) is 0 Å². The Morgan fingerprint density at radius 2 is 2.14 bits per heavy atom. The molecule has 112 valence electrons. The molecule has 2 rings (SSSR count). The Balaban J connectivity index is 2.03. The first-order valence-electron chi connectivity index (χ1n) is 6.70. The molecule has 1 heterocycles. The molecule has 1 N–H and O–H groups in total. The summed E-state index contributed by atoms with van der Waals surface area (Å²) in [7, 11) is 3.32. The van der Waals surface area contributed by atoms with E-state index < -0.39 is 0 Å². The molecule has 0 bridgehead atoms. The summed E-state index contributed by atoms with van der Waals surface area (Å²) >= 11 is 1.34. The van der Waals surface area contributed by atoms with Crippen molar-refractivity contribution in [1.82, 2.24) is 4.90 Å². The number of amides is 2. The largest absolute Gasteiger partial charge is 0.326 e. The molecule has 0 saturated carbocycles. The Morgan fingerprint density at radius 3 is 2.76 bits per heavy atom. The molecule has 21 heavy (non-hydrogen) atoms. The van der Waals surface area contributed by atoms with Crippen LogP contribution in [0.25, 0.3) is 0 Å². The molecule has 0 aliphatic carbocycles. The van der Waals surface area contributed by atoms with Crippen LogP contribution in [0.15, 0.2) is 23.2 Å². The molecule has 0 aromatic heterocycles. The molecule has 1 saturated heterocycles. The average Bonchev–Trinajstić information content (AvgIpc) is 2.70. The molecule has 1 fully saturated rings. The van der Waals surface area contributed by atoms with Crippen molar-refractivity contribution in [2.45, 2.75) is 25.5 Å². The number of carbonyl (C=O) groups is 2. The minimum atomic E-state index is -0.390. The van der Waals surface area contributed by atoms with E-state index in [4.69, 9.17) is 0 Å². The summed E-state index contributed by atoms with van der Waals surface area (Å²) in [5, 5.41) is 3.15. The van der Waals surface area contributed by atoms with Crippen LogP contribution in [0, 0.1) is 13.8 Å². The molecule has 1 aliphatic rings. The number of aliphatic imine (C=N–C) groups is 1. The van der Waals surface area contributed by atoms with Crippen LogP contribution in [0.2, 0.25) is 0 Å². The molecule has 2 amide bonds. The highest BCUT2D eigenvalue weighted by Crippen LogP contribution is 2.28. The standard InChI is InChI=1S/C15H19N3O2S/c1-9-5-6-10(2)11(7-9)17-13(19)8-12-14(20)18(4)15(16-3)21-12/h5-7,12H,8H2,1-4H3,(H,17,19). The van der Waals surface area contributed by atoms with E-state index in [9.17, 15) is 9.59 Å². The summed E-state index contributed by atoms with van der Waals surface area (Å²) < 4.78 is 0. The summed E-state index contributed by atoms with van der Waals surface area (Å²) in [6, 6.07) is 5.90. The van der Waals surface area contributed by atoms with Crippen molar-refractivity contribution < 1.29 is 9.59 Å². The lowest BCUT2D eigenvalue weighted by molar-refractivity contribution is -0.127. The summed E-state index contributed by atoms with van der Waals surface area (Å²) in [5.41, 5.74) is 2.89. The fourth-order valence-corrected chi connectivity index (χ4v) is 3.24. The average molecular weight is 305 g/mol. The topological polar surface area (TPSA) is 61.8 Å². The van der Waals surface area contributed by atoms with Crippen molar-refractivity contribution in [3.05, 3.63) is 29.3 Å². The maximum atomic E-state index is 12.1. The van der Waals surface area contributed by atoms with Gasteiger partial charge in [0.1, 0.15) is 5.25 Å². The molecule has 1 atom stereocenters. The van der Waals surface area contributed by atoms with Crippen molar-refractivity contribution in [2.75, 3.05) is 19.4 Å². The number of hydrogen-bond donors (Lipinski definition) is 1. The van der Waals surface area contributed by atoms with E-state index in [0.29, 0.717) is 5.17 Å². The van der Waals surface area contributed by atoms with Crippen molar-refractivity contribution in [3.63, 3.8) is 0 Å². The van der Waals surface area contributed by atoms with Crippen molar-refractivity contribution in [2.24, 2.45) is 4.99 Å². The Bertz CT molecular complexity index is 613. The minimum absolute atomic E-state index is 0.0725. The lowest BCUT2D eigenvalue weighted by Crippen LogP contribution is -2.30. The predicted octanol–water partition coefficient (Wildman–Crippen LogP) is 2.19. The monoisotopic (exact) mass is 305 g/mol. The highest BCUT2D eigenvalue weighted by molar-refractivity contribution is 8.15. The second kappa shape index (κ2) is 6.30. The number of nitrogens with one attached hydrogen (secondary N) is 1. The van der Waals surface area contributed by atoms with Gasteiger partial charge in [-0.3, -0.25) is 19.5 Å². The number of hydrogen-bond acceptors (Lipinski definition) is 4. The summed E-state index contributed by atoms with van der Waals surface area (Å²) in [6.45, 7) is 3.92. The number of amidine groups is 1. The maximum Gasteiger partial charge on any atom is 0.242 e. The van der Waals surface area contributed by atoms with Crippen LogP contribution in [0.3, 0.4) is 0 Å². The van der Waals surface area contributed by atoms with Gasteiger partial charge in [-0.05, 0) is 31.0 Å². The van der Waals surface area contributed by atoms with Gasteiger partial charge in [0.25, 0.3) is 0 Å². The Hall–Kier alpha value is -1.82. The van der Waals surface area contributed by atoms with Crippen LogP contribution >= 0.6 is 11.8 Å². The van der Waals surface area contributed by atoms with E-state index in [1.807, 2.05) is 32.0 Å². The normalized spacial score (nSPS) is 20.2. The maximum absolute atomic E-state index is 12.1. The van der Waals surface area contributed by atoms with Crippen LogP contribution in [0.4, 0.5) is 5.69 Å². The molecule has 5 nitrogen and oxygen atoms in total. The third-order valence-corrected chi connectivity index (χ3v) is 4.69. The van der Waals surface area contributed by atoms with E-state index in [1.165, 1.54) is 16.7 Å². The molecule has 1 aromatic rings. The lowest BCUT2D eigenvalue weighted by atomic mass is 10.1. The molecule has 6 heteroatoms. The van der Waals surface area contributed by atoms with Gasteiger partial charge in [0.05, 0.1) is 0 Å². The number of anilines is 1. The predicted molar refractivity (Wildman–Crippen MR) is 86.7 cm³/mol. The van der Waals surface area contributed by atoms with Crippen LogP contribution in [0.1, 0.15) is 17.5 Å².